The van der Waals surface area contributed by atoms with E-state index in [2.05, 4.69) is 20.6 Å². The number of anilines is 1. The fourth-order valence-corrected chi connectivity index (χ4v) is 4.41. The van der Waals surface area contributed by atoms with Gasteiger partial charge in [0.15, 0.2) is 9.84 Å². The lowest BCUT2D eigenvalue weighted by Gasteiger charge is -2.11. The van der Waals surface area contributed by atoms with Crippen LogP contribution >= 0.6 is 0 Å². The van der Waals surface area contributed by atoms with Gasteiger partial charge in [-0.1, -0.05) is 29.8 Å². The summed E-state index contributed by atoms with van der Waals surface area (Å²) in [6, 6.07) is 9.21. The maximum atomic E-state index is 12.3. The average Bonchev–Trinajstić information content (AvgIpc) is 2.91. The van der Waals surface area contributed by atoms with E-state index in [4.69, 9.17) is 0 Å². The Balaban J connectivity index is 1.61. The molecule has 2 heterocycles. The molecule has 0 radical (unpaired) electrons. The van der Waals surface area contributed by atoms with Crippen molar-refractivity contribution in [2.75, 3.05) is 16.8 Å². The van der Waals surface area contributed by atoms with Crippen LogP contribution < -0.4 is 10.6 Å². The second kappa shape index (κ2) is 7.18. The zero-order chi connectivity index (χ0) is 17.9. The molecule has 1 aromatic carbocycles. The molecular formula is C17H20N4O3S. The molecule has 0 bridgehead atoms. The minimum absolute atomic E-state index is 0.0696. The van der Waals surface area contributed by atoms with Crippen LogP contribution in [-0.2, 0) is 16.4 Å². The van der Waals surface area contributed by atoms with Crippen LogP contribution in [0.4, 0.5) is 5.95 Å². The van der Waals surface area contributed by atoms with Crippen LogP contribution in [0, 0.1) is 6.92 Å². The van der Waals surface area contributed by atoms with Gasteiger partial charge in [-0.3, -0.25) is 4.79 Å². The Morgan fingerprint density at radius 2 is 2.16 bits per heavy atom. The quantitative estimate of drug-likeness (QED) is 0.834. The third kappa shape index (κ3) is 4.76. The molecule has 1 atom stereocenters. The van der Waals surface area contributed by atoms with Gasteiger partial charge in [0, 0.05) is 18.8 Å². The normalized spacial score (nSPS) is 18.7. The van der Waals surface area contributed by atoms with Gasteiger partial charge in [-0.05, 0) is 25.0 Å². The van der Waals surface area contributed by atoms with Gasteiger partial charge in [0.2, 0.25) is 5.95 Å². The number of nitrogens with zero attached hydrogens (tertiary/aromatic N) is 2. The van der Waals surface area contributed by atoms with Crippen LogP contribution in [0.3, 0.4) is 0 Å². The van der Waals surface area contributed by atoms with Gasteiger partial charge < -0.3 is 10.6 Å². The predicted molar refractivity (Wildman–Crippen MR) is 95.1 cm³/mol. The molecule has 8 heteroatoms. The number of amides is 1. The van der Waals surface area contributed by atoms with Crippen molar-refractivity contribution in [3.8, 4) is 0 Å². The van der Waals surface area contributed by atoms with Crippen LogP contribution in [0.15, 0.2) is 36.5 Å². The summed E-state index contributed by atoms with van der Waals surface area (Å²) in [5.74, 6) is 0.206. The van der Waals surface area contributed by atoms with Gasteiger partial charge in [-0.15, -0.1) is 0 Å². The Bertz CT molecular complexity index is 883. The Labute approximate surface area is 146 Å². The van der Waals surface area contributed by atoms with E-state index in [0.717, 1.165) is 11.1 Å². The van der Waals surface area contributed by atoms with E-state index in [-0.39, 0.29) is 35.1 Å². The van der Waals surface area contributed by atoms with E-state index in [1.807, 2.05) is 31.2 Å². The fourth-order valence-electron chi connectivity index (χ4n) is 2.74. The van der Waals surface area contributed by atoms with Gasteiger partial charge in [0.25, 0.3) is 5.91 Å². The van der Waals surface area contributed by atoms with Crippen molar-refractivity contribution >= 4 is 21.7 Å². The molecule has 1 saturated heterocycles. The van der Waals surface area contributed by atoms with E-state index in [9.17, 15) is 13.2 Å². The molecule has 1 aliphatic heterocycles. The highest BCUT2D eigenvalue weighted by Crippen LogP contribution is 2.15. The molecule has 1 aliphatic rings. The van der Waals surface area contributed by atoms with E-state index in [0.29, 0.717) is 13.0 Å². The van der Waals surface area contributed by atoms with Crippen molar-refractivity contribution in [1.82, 2.24) is 15.3 Å². The first kappa shape index (κ1) is 17.3. The number of hydrogen-bond donors (Lipinski definition) is 2. The highest BCUT2D eigenvalue weighted by atomic mass is 32.2. The predicted octanol–water partition coefficient (Wildman–Crippen LogP) is 1.31. The number of benzene rings is 1. The van der Waals surface area contributed by atoms with Gasteiger partial charge in [0.05, 0.1) is 11.5 Å². The zero-order valence-electron chi connectivity index (χ0n) is 13.9. The van der Waals surface area contributed by atoms with Crippen LogP contribution in [0.25, 0.3) is 0 Å². The summed E-state index contributed by atoms with van der Waals surface area (Å²) in [6.45, 7) is 2.41. The van der Waals surface area contributed by atoms with E-state index in [1.54, 1.807) is 0 Å². The lowest BCUT2D eigenvalue weighted by molar-refractivity contribution is 0.0946. The molecule has 0 spiro atoms. The number of rotatable bonds is 5. The monoisotopic (exact) mass is 360 g/mol. The first-order valence-corrected chi connectivity index (χ1v) is 9.87. The van der Waals surface area contributed by atoms with Gasteiger partial charge in [-0.2, -0.15) is 0 Å². The standard InChI is InChI=1S/C17H20N4O3S/c1-12-3-2-4-13(9-12)10-19-16(22)15-5-7-18-17(21-15)20-14-6-8-25(23,24)11-14/h2-5,7,9,14H,6,8,10-11H2,1H3,(H,19,22)(H,18,20,21). The molecule has 3 rings (SSSR count). The molecule has 25 heavy (non-hydrogen) atoms. The summed E-state index contributed by atoms with van der Waals surface area (Å²) in [6.07, 6.45) is 2.01. The van der Waals surface area contributed by atoms with Crippen molar-refractivity contribution in [1.29, 1.82) is 0 Å². The third-order valence-corrected chi connectivity index (χ3v) is 5.76. The van der Waals surface area contributed by atoms with Crippen LogP contribution in [-0.4, -0.2) is 41.8 Å². The van der Waals surface area contributed by atoms with Crippen LogP contribution in [0.1, 0.15) is 28.0 Å². The summed E-state index contributed by atoms with van der Waals surface area (Å²) in [4.78, 5) is 20.5. The first-order valence-electron chi connectivity index (χ1n) is 8.05. The first-order chi connectivity index (χ1) is 11.9. The van der Waals surface area contributed by atoms with Crippen molar-refractivity contribution in [3.05, 3.63) is 53.3 Å². The maximum Gasteiger partial charge on any atom is 0.270 e. The molecule has 0 saturated carbocycles. The summed E-state index contributed by atoms with van der Waals surface area (Å²) >= 11 is 0. The molecule has 2 N–H and O–H groups in total. The number of nitrogens with one attached hydrogen (secondary N) is 2. The summed E-state index contributed by atoms with van der Waals surface area (Å²) in [7, 11) is -2.98. The lowest BCUT2D eigenvalue weighted by atomic mass is 10.1. The molecule has 0 aliphatic carbocycles. The Morgan fingerprint density at radius 3 is 2.88 bits per heavy atom. The van der Waals surface area contributed by atoms with Crippen molar-refractivity contribution in [3.63, 3.8) is 0 Å². The largest absolute Gasteiger partial charge is 0.350 e. The highest BCUT2D eigenvalue weighted by molar-refractivity contribution is 7.91. The second-order valence-electron chi connectivity index (χ2n) is 6.18. The molecule has 1 unspecified atom stereocenters. The molecule has 1 amide bonds. The summed E-state index contributed by atoms with van der Waals surface area (Å²) < 4.78 is 23.0. The van der Waals surface area contributed by atoms with Gasteiger partial charge in [-0.25, -0.2) is 18.4 Å². The van der Waals surface area contributed by atoms with E-state index >= 15 is 0 Å². The molecule has 1 aromatic heterocycles. The van der Waals surface area contributed by atoms with E-state index in [1.165, 1.54) is 12.3 Å². The van der Waals surface area contributed by atoms with Gasteiger partial charge >= 0.3 is 0 Å². The van der Waals surface area contributed by atoms with E-state index < -0.39 is 9.84 Å². The molecule has 132 valence electrons. The molecule has 1 fully saturated rings. The molecular weight excluding hydrogens is 340 g/mol. The number of carbonyl (C=O) groups excluding carboxylic acids is 1. The Hall–Kier alpha value is -2.48. The highest BCUT2D eigenvalue weighted by Gasteiger charge is 2.28. The van der Waals surface area contributed by atoms with Crippen molar-refractivity contribution in [2.24, 2.45) is 0 Å². The third-order valence-electron chi connectivity index (χ3n) is 3.99. The minimum Gasteiger partial charge on any atom is -0.350 e. The second-order valence-corrected chi connectivity index (χ2v) is 8.41. The maximum absolute atomic E-state index is 12.3. The smallest absolute Gasteiger partial charge is 0.270 e. The minimum atomic E-state index is -2.98. The van der Waals surface area contributed by atoms with Crippen LogP contribution in [0.5, 0.6) is 0 Å². The Morgan fingerprint density at radius 1 is 1.32 bits per heavy atom. The number of hydrogen-bond acceptors (Lipinski definition) is 6. The van der Waals surface area contributed by atoms with Crippen molar-refractivity contribution < 1.29 is 13.2 Å². The molecule has 2 aromatic rings. The topological polar surface area (TPSA) is 101 Å². The SMILES string of the molecule is Cc1cccc(CNC(=O)c2ccnc(NC3CCS(=O)(=O)C3)n2)c1. The number of aromatic nitrogens is 2. The summed E-state index contributed by atoms with van der Waals surface area (Å²) in [5.41, 5.74) is 2.38. The Kier molecular flexibility index (Phi) is 4.98. The zero-order valence-corrected chi connectivity index (χ0v) is 14.7. The fraction of sp³-hybridized carbons (Fsp3) is 0.353. The number of aryl methyl sites for hydroxylation is 1. The van der Waals surface area contributed by atoms with Crippen LogP contribution in [0.2, 0.25) is 0 Å². The van der Waals surface area contributed by atoms with Crippen molar-refractivity contribution in [2.45, 2.75) is 25.9 Å². The number of sulfone groups is 1. The molecule has 7 nitrogen and oxygen atoms in total. The number of carbonyl (C=O) groups is 1. The summed E-state index contributed by atoms with van der Waals surface area (Å²) in [5, 5.41) is 5.82. The van der Waals surface area contributed by atoms with Gasteiger partial charge in [0.1, 0.15) is 5.69 Å². The lowest BCUT2D eigenvalue weighted by Crippen LogP contribution is -2.26. The average molecular weight is 360 g/mol.